The quantitative estimate of drug-likeness (QED) is 0.879. The average molecular weight is 298 g/mol. The summed E-state index contributed by atoms with van der Waals surface area (Å²) in [6.07, 6.45) is 2.80. The van der Waals surface area contributed by atoms with Gasteiger partial charge in [0.2, 0.25) is 5.95 Å². The van der Waals surface area contributed by atoms with Crippen LogP contribution in [0.5, 0.6) is 0 Å². The second-order valence-corrected chi connectivity index (χ2v) is 5.94. The second kappa shape index (κ2) is 4.76. The Morgan fingerprint density at radius 1 is 1.27 bits per heavy atom. The molecule has 6 heteroatoms. The zero-order chi connectivity index (χ0) is 15.3. The third-order valence-electron chi connectivity index (χ3n) is 4.25. The minimum atomic E-state index is -0.339. The van der Waals surface area contributed by atoms with Gasteiger partial charge in [-0.2, -0.15) is 10.1 Å². The lowest BCUT2D eigenvalue weighted by Gasteiger charge is -2.34. The summed E-state index contributed by atoms with van der Waals surface area (Å²) in [7, 11) is 0. The second-order valence-electron chi connectivity index (χ2n) is 5.94. The molecule has 0 saturated heterocycles. The standard InChI is InChI=1S/C16H15FN4O/c1-9-6-12-14(13(22)7-9)15(10-2-4-11(17)5-3-10)21-16(20-12)18-8-19-21/h2-5,8-9,15H,6-7H2,1H3,(H,18,19,20)/t9-,15-/m1/s1. The van der Waals surface area contributed by atoms with E-state index >= 15 is 0 Å². The number of allylic oxidation sites excluding steroid dienone is 2. The fourth-order valence-corrected chi connectivity index (χ4v) is 3.30. The van der Waals surface area contributed by atoms with Gasteiger partial charge in [0, 0.05) is 17.7 Å². The molecule has 0 amide bonds. The predicted molar refractivity (Wildman–Crippen MR) is 78.6 cm³/mol. The molecule has 0 bridgehead atoms. The maximum atomic E-state index is 13.2. The summed E-state index contributed by atoms with van der Waals surface area (Å²) in [5.74, 6) is 0.753. The van der Waals surface area contributed by atoms with Gasteiger partial charge in [0.1, 0.15) is 18.2 Å². The van der Waals surface area contributed by atoms with Crippen molar-refractivity contribution < 1.29 is 9.18 Å². The number of hydrogen-bond acceptors (Lipinski definition) is 4. The average Bonchev–Trinajstić information content (AvgIpc) is 2.93. The van der Waals surface area contributed by atoms with Crippen LogP contribution >= 0.6 is 0 Å². The van der Waals surface area contributed by atoms with E-state index in [2.05, 4.69) is 22.3 Å². The summed E-state index contributed by atoms with van der Waals surface area (Å²) in [5.41, 5.74) is 2.48. The number of nitrogens with zero attached hydrogens (tertiary/aromatic N) is 3. The van der Waals surface area contributed by atoms with Gasteiger partial charge in [0.15, 0.2) is 5.78 Å². The lowest BCUT2D eigenvalue weighted by molar-refractivity contribution is -0.117. The maximum Gasteiger partial charge on any atom is 0.226 e. The highest BCUT2D eigenvalue weighted by Crippen LogP contribution is 2.40. The SMILES string of the molecule is C[C@H]1CC(=O)C2=C(C1)Nc1ncnn1[C@@H]2c1ccc(F)cc1. The Hall–Kier alpha value is -2.50. The van der Waals surface area contributed by atoms with Crippen LogP contribution in [0, 0.1) is 11.7 Å². The topological polar surface area (TPSA) is 59.8 Å². The molecule has 2 atom stereocenters. The molecule has 1 aliphatic carbocycles. The Kier molecular flexibility index (Phi) is 2.85. The largest absolute Gasteiger partial charge is 0.328 e. The van der Waals surface area contributed by atoms with E-state index in [1.165, 1.54) is 18.5 Å². The van der Waals surface area contributed by atoms with Crippen LogP contribution in [0.25, 0.3) is 0 Å². The molecule has 2 heterocycles. The van der Waals surface area contributed by atoms with Crippen LogP contribution < -0.4 is 5.32 Å². The summed E-state index contributed by atoms with van der Waals surface area (Å²) in [4.78, 5) is 16.8. The van der Waals surface area contributed by atoms with Crippen LogP contribution in [0.2, 0.25) is 0 Å². The zero-order valence-corrected chi connectivity index (χ0v) is 12.1. The predicted octanol–water partition coefficient (Wildman–Crippen LogP) is 2.69. The van der Waals surface area contributed by atoms with Crippen LogP contribution in [0.1, 0.15) is 31.4 Å². The molecule has 2 aromatic rings. The fourth-order valence-electron chi connectivity index (χ4n) is 3.30. The van der Waals surface area contributed by atoms with Crippen molar-refractivity contribution >= 4 is 11.7 Å². The van der Waals surface area contributed by atoms with E-state index in [1.807, 2.05) is 0 Å². The first-order chi connectivity index (χ1) is 10.6. The molecule has 0 unspecified atom stereocenters. The highest BCUT2D eigenvalue weighted by molar-refractivity contribution is 5.99. The summed E-state index contributed by atoms with van der Waals surface area (Å²) >= 11 is 0. The molecule has 0 fully saturated rings. The van der Waals surface area contributed by atoms with Crippen molar-refractivity contribution in [3.05, 3.63) is 53.2 Å². The molecule has 1 aromatic carbocycles. The van der Waals surface area contributed by atoms with Crippen LogP contribution in [-0.4, -0.2) is 20.5 Å². The number of benzene rings is 1. The van der Waals surface area contributed by atoms with Crippen molar-refractivity contribution in [1.29, 1.82) is 0 Å². The maximum absolute atomic E-state index is 13.2. The van der Waals surface area contributed by atoms with Crippen molar-refractivity contribution in [2.75, 3.05) is 5.32 Å². The van der Waals surface area contributed by atoms with E-state index < -0.39 is 0 Å². The summed E-state index contributed by atoms with van der Waals surface area (Å²) in [6.45, 7) is 2.07. The molecule has 1 N–H and O–H groups in total. The fraction of sp³-hybridized carbons (Fsp3) is 0.312. The molecule has 0 saturated carbocycles. The normalized spacial score (nSPS) is 23.8. The van der Waals surface area contributed by atoms with Crippen molar-refractivity contribution in [3.63, 3.8) is 0 Å². The zero-order valence-electron chi connectivity index (χ0n) is 12.1. The lowest BCUT2D eigenvalue weighted by Crippen LogP contribution is -2.33. The summed E-state index contributed by atoms with van der Waals surface area (Å²) in [5, 5.41) is 7.47. The van der Waals surface area contributed by atoms with Crippen LogP contribution in [0.3, 0.4) is 0 Å². The van der Waals surface area contributed by atoms with Crippen molar-refractivity contribution in [2.24, 2.45) is 5.92 Å². The number of ketones is 1. The van der Waals surface area contributed by atoms with Crippen LogP contribution in [-0.2, 0) is 4.79 Å². The van der Waals surface area contributed by atoms with Crippen LogP contribution in [0.4, 0.5) is 10.3 Å². The highest BCUT2D eigenvalue weighted by Gasteiger charge is 2.37. The Morgan fingerprint density at radius 2 is 2.05 bits per heavy atom. The third kappa shape index (κ3) is 1.94. The third-order valence-corrected chi connectivity index (χ3v) is 4.25. The Balaban J connectivity index is 1.89. The van der Waals surface area contributed by atoms with Gasteiger partial charge in [-0.1, -0.05) is 19.1 Å². The lowest BCUT2D eigenvalue weighted by atomic mass is 9.81. The molecular formula is C16H15FN4O. The van der Waals surface area contributed by atoms with Crippen LogP contribution in [0.15, 0.2) is 41.9 Å². The number of rotatable bonds is 1. The molecule has 4 rings (SSSR count). The molecule has 0 spiro atoms. The van der Waals surface area contributed by atoms with Crippen molar-refractivity contribution in [1.82, 2.24) is 14.8 Å². The van der Waals surface area contributed by atoms with Crippen molar-refractivity contribution in [3.8, 4) is 0 Å². The molecule has 2 aliphatic rings. The Labute approximate surface area is 126 Å². The number of carbonyl (C=O) groups excluding carboxylic acids is 1. The van der Waals surface area contributed by atoms with E-state index in [1.54, 1.807) is 16.8 Å². The van der Waals surface area contributed by atoms with Gasteiger partial charge in [-0.15, -0.1) is 0 Å². The molecule has 112 valence electrons. The van der Waals surface area contributed by atoms with Crippen molar-refractivity contribution in [2.45, 2.75) is 25.8 Å². The Morgan fingerprint density at radius 3 is 2.82 bits per heavy atom. The first-order valence-electron chi connectivity index (χ1n) is 7.31. The number of Topliss-reactive ketones (excluding diaryl/α,β-unsaturated/α-hetero) is 1. The first-order valence-corrected chi connectivity index (χ1v) is 7.31. The number of anilines is 1. The first kappa shape index (κ1) is 13.2. The van der Waals surface area contributed by atoms with Gasteiger partial charge in [-0.25, -0.2) is 9.07 Å². The number of halogens is 1. The Bertz CT molecular complexity index is 778. The van der Waals surface area contributed by atoms with E-state index in [4.69, 9.17) is 0 Å². The van der Waals surface area contributed by atoms with Gasteiger partial charge in [-0.3, -0.25) is 4.79 Å². The summed E-state index contributed by atoms with van der Waals surface area (Å²) < 4.78 is 14.9. The monoisotopic (exact) mass is 298 g/mol. The number of fused-ring (bicyclic) bond motifs is 1. The van der Waals surface area contributed by atoms with Gasteiger partial charge < -0.3 is 5.32 Å². The number of hydrogen-bond donors (Lipinski definition) is 1. The molecule has 0 radical (unpaired) electrons. The van der Waals surface area contributed by atoms with E-state index in [9.17, 15) is 9.18 Å². The number of aromatic nitrogens is 3. The molecule has 1 aromatic heterocycles. The van der Waals surface area contributed by atoms with Gasteiger partial charge >= 0.3 is 0 Å². The minimum absolute atomic E-state index is 0.122. The van der Waals surface area contributed by atoms with E-state index in [0.29, 0.717) is 18.3 Å². The summed E-state index contributed by atoms with van der Waals surface area (Å²) in [6, 6.07) is 5.88. The molecule has 22 heavy (non-hydrogen) atoms. The number of carbonyl (C=O) groups is 1. The van der Waals surface area contributed by atoms with Gasteiger partial charge in [-0.05, 0) is 30.0 Å². The molecule has 5 nitrogen and oxygen atoms in total. The van der Waals surface area contributed by atoms with E-state index in [-0.39, 0.29) is 17.6 Å². The number of nitrogens with one attached hydrogen (secondary N) is 1. The van der Waals surface area contributed by atoms with Gasteiger partial charge in [0.05, 0.1) is 0 Å². The van der Waals surface area contributed by atoms with E-state index in [0.717, 1.165) is 23.3 Å². The van der Waals surface area contributed by atoms with Gasteiger partial charge in [0.25, 0.3) is 0 Å². The minimum Gasteiger partial charge on any atom is -0.328 e. The highest BCUT2D eigenvalue weighted by atomic mass is 19.1. The smallest absolute Gasteiger partial charge is 0.226 e. The molecule has 1 aliphatic heterocycles. The molecular weight excluding hydrogens is 283 g/mol.